The Labute approximate surface area is 111 Å². The number of nitrogens with two attached hydrogens (primary N) is 1. The van der Waals surface area contributed by atoms with Gasteiger partial charge in [0.05, 0.1) is 12.1 Å². The summed E-state index contributed by atoms with van der Waals surface area (Å²) in [4.78, 5) is 11.8. The number of nitrogens with zero attached hydrogens (tertiary/aromatic N) is 3. The molecule has 0 spiro atoms. The van der Waals surface area contributed by atoms with E-state index < -0.39 is 17.6 Å². The number of rotatable bonds is 3. The Kier molecular flexibility index (Phi) is 3.53. The lowest BCUT2D eigenvalue weighted by molar-refractivity contribution is -0.156. The number of carbonyl (C=O) groups excluding carboxylic acids is 1. The lowest BCUT2D eigenvalue weighted by Crippen LogP contribution is -2.40. The highest BCUT2D eigenvalue weighted by molar-refractivity contribution is 5.77. The van der Waals surface area contributed by atoms with Gasteiger partial charge >= 0.3 is 5.97 Å². The average molecular weight is 262 g/mol. The van der Waals surface area contributed by atoms with Crippen molar-refractivity contribution in [2.75, 3.05) is 0 Å². The first-order valence-electron chi connectivity index (χ1n) is 6.13. The van der Waals surface area contributed by atoms with Crippen molar-refractivity contribution in [3.8, 4) is 0 Å². The van der Waals surface area contributed by atoms with Crippen LogP contribution in [0.5, 0.6) is 0 Å². The molecule has 1 atom stereocenters. The molecule has 19 heavy (non-hydrogen) atoms. The van der Waals surface area contributed by atoms with E-state index in [1.165, 1.54) is 0 Å². The molecule has 0 aliphatic carbocycles. The quantitative estimate of drug-likeness (QED) is 0.837. The Hall–Kier alpha value is -1.95. The van der Waals surface area contributed by atoms with Crippen LogP contribution in [0.25, 0.3) is 11.0 Å². The van der Waals surface area contributed by atoms with Crippen molar-refractivity contribution in [2.24, 2.45) is 5.73 Å². The van der Waals surface area contributed by atoms with Gasteiger partial charge in [0, 0.05) is 0 Å². The van der Waals surface area contributed by atoms with Gasteiger partial charge in [-0.15, -0.1) is 5.10 Å². The average Bonchev–Trinajstić information content (AvgIpc) is 2.70. The minimum Gasteiger partial charge on any atom is -0.459 e. The largest absolute Gasteiger partial charge is 0.459 e. The number of hydrogen-bond donors (Lipinski definition) is 1. The Bertz CT molecular complexity index is 586. The fraction of sp³-hybridized carbons (Fsp3) is 0.462. The molecule has 0 amide bonds. The van der Waals surface area contributed by atoms with E-state index in [1.807, 2.05) is 45.0 Å². The Morgan fingerprint density at radius 1 is 1.42 bits per heavy atom. The lowest BCUT2D eigenvalue weighted by Gasteiger charge is -2.22. The number of aromatic nitrogens is 3. The Balaban J connectivity index is 2.10. The van der Waals surface area contributed by atoms with Crippen LogP contribution in [0.3, 0.4) is 0 Å². The third-order valence-electron chi connectivity index (χ3n) is 2.50. The van der Waals surface area contributed by atoms with Crippen LogP contribution in [0.15, 0.2) is 24.3 Å². The summed E-state index contributed by atoms with van der Waals surface area (Å²) in [5.74, 6) is -0.438. The second-order valence-corrected chi connectivity index (χ2v) is 5.40. The maximum Gasteiger partial charge on any atom is 0.325 e. The van der Waals surface area contributed by atoms with E-state index in [0.717, 1.165) is 11.0 Å². The number of para-hydroxylation sites is 1. The van der Waals surface area contributed by atoms with Crippen LogP contribution in [0.2, 0.25) is 0 Å². The van der Waals surface area contributed by atoms with E-state index in [1.54, 1.807) is 4.68 Å². The molecule has 6 heteroatoms. The number of esters is 1. The Morgan fingerprint density at radius 3 is 2.79 bits per heavy atom. The van der Waals surface area contributed by atoms with Crippen LogP contribution in [0.4, 0.5) is 0 Å². The topological polar surface area (TPSA) is 83.0 Å². The summed E-state index contributed by atoms with van der Waals surface area (Å²) < 4.78 is 6.85. The molecule has 2 aromatic rings. The highest BCUT2D eigenvalue weighted by Gasteiger charge is 2.23. The van der Waals surface area contributed by atoms with Crippen LogP contribution in [0, 0.1) is 0 Å². The number of carbonyl (C=O) groups is 1. The maximum atomic E-state index is 11.8. The number of benzene rings is 1. The molecule has 0 radical (unpaired) electrons. The van der Waals surface area contributed by atoms with Crippen LogP contribution in [0.1, 0.15) is 20.8 Å². The van der Waals surface area contributed by atoms with Crippen LogP contribution < -0.4 is 5.73 Å². The molecule has 0 aliphatic heterocycles. The second-order valence-electron chi connectivity index (χ2n) is 5.40. The minimum absolute atomic E-state index is 0.245. The third-order valence-corrected chi connectivity index (χ3v) is 2.50. The molecule has 0 bridgehead atoms. The molecule has 2 rings (SSSR count). The molecule has 6 nitrogen and oxygen atoms in total. The van der Waals surface area contributed by atoms with Crippen molar-refractivity contribution >= 4 is 17.0 Å². The molecular weight excluding hydrogens is 244 g/mol. The first-order chi connectivity index (χ1) is 8.87. The van der Waals surface area contributed by atoms with Gasteiger partial charge in [-0.3, -0.25) is 4.79 Å². The van der Waals surface area contributed by atoms with Crippen LogP contribution in [-0.4, -0.2) is 32.6 Å². The summed E-state index contributed by atoms with van der Waals surface area (Å²) in [5, 5.41) is 8.00. The van der Waals surface area contributed by atoms with Crippen molar-refractivity contribution in [2.45, 2.75) is 39.0 Å². The molecule has 0 fully saturated rings. The molecule has 1 aromatic carbocycles. The Morgan fingerprint density at radius 2 is 2.11 bits per heavy atom. The zero-order chi connectivity index (χ0) is 14.0. The SMILES string of the molecule is CC(C)(C)OC(=O)C(N)Cn1nnc2ccccc21. The van der Waals surface area contributed by atoms with E-state index in [9.17, 15) is 4.79 Å². The number of hydrogen-bond acceptors (Lipinski definition) is 5. The van der Waals surface area contributed by atoms with Crippen LogP contribution >= 0.6 is 0 Å². The summed E-state index contributed by atoms with van der Waals surface area (Å²) >= 11 is 0. The van der Waals surface area contributed by atoms with Gasteiger partial charge in [-0.05, 0) is 32.9 Å². The van der Waals surface area contributed by atoms with Gasteiger partial charge in [0.1, 0.15) is 17.2 Å². The number of fused-ring (bicyclic) bond motifs is 1. The molecule has 2 N–H and O–H groups in total. The monoisotopic (exact) mass is 262 g/mol. The molecule has 1 unspecified atom stereocenters. The summed E-state index contributed by atoms with van der Waals surface area (Å²) in [6.07, 6.45) is 0. The van der Waals surface area contributed by atoms with Crippen molar-refractivity contribution < 1.29 is 9.53 Å². The predicted molar refractivity (Wildman–Crippen MR) is 71.3 cm³/mol. The summed E-state index contributed by atoms with van der Waals surface area (Å²) in [6, 6.07) is 6.76. The molecule has 0 saturated carbocycles. The second kappa shape index (κ2) is 4.97. The van der Waals surface area contributed by atoms with Gasteiger partial charge in [0.15, 0.2) is 0 Å². The van der Waals surface area contributed by atoms with E-state index in [0.29, 0.717) is 0 Å². The highest BCUT2D eigenvalue weighted by Crippen LogP contribution is 2.12. The van der Waals surface area contributed by atoms with Gasteiger partial charge < -0.3 is 10.5 Å². The molecule has 0 saturated heterocycles. The first-order valence-corrected chi connectivity index (χ1v) is 6.13. The van der Waals surface area contributed by atoms with Crippen molar-refractivity contribution in [3.63, 3.8) is 0 Å². The summed E-state index contributed by atoms with van der Waals surface area (Å²) in [5.41, 5.74) is 6.93. The van der Waals surface area contributed by atoms with Gasteiger partial charge in [0.2, 0.25) is 0 Å². The number of ether oxygens (including phenoxy) is 1. The molecule has 1 aromatic heterocycles. The molecule has 1 heterocycles. The van der Waals surface area contributed by atoms with Gasteiger partial charge in [-0.2, -0.15) is 0 Å². The first kappa shape index (κ1) is 13.5. The van der Waals surface area contributed by atoms with E-state index in [4.69, 9.17) is 10.5 Å². The highest BCUT2D eigenvalue weighted by atomic mass is 16.6. The zero-order valence-corrected chi connectivity index (χ0v) is 11.3. The fourth-order valence-electron chi connectivity index (χ4n) is 1.69. The summed E-state index contributed by atoms with van der Waals surface area (Å²) in [6.45, 7) is 5.67. The fourth-order valence-corrected chi connectivity index (χ4v) is 1.69. The van der Waals surface area contributed by atoms with Gasteiger partial charge in [-0.25, -0.2) is 4.68 Å². The molecule has 102 valence electrons. The molecular formula is C13H18N4O2. The zero-order valence-electron chi connectivity index (χ0n) is 11.3. The maximum absolute atomic E-state index is 11.8. The van der Waals surface area contributed by atoms with Crippen LogP contribution in [-0.2, 0) is 16.1 Å². The standard InChI is InChI=1S/C13H18N4O2/c1-13(2,3)19-12(18)9(14)8-17-11-7-5-4-6-10(11)15-16-17/h4-7,9H,8,14H2,1-3H3. The van der Waals surface area contributed by atoms with E-state index >= 15 is 0 Å². The van der Waals surface area contributed by atoms with Crippen molar-refractivity contribution in [3.05, 3.63) is 24.3 Å². The lowest BCUT2D eigenvalue weighted by atomic mass is 10.2. The van der Waals surface area contributed by atoms with Gasteiger partial charge in [-0.1, -0.05) is 17.3 Å². The third kappa shape index (κ3) is 3.29. The van der Waals surface area contributed by atoms with Crippen molar-refractivity contribution in [1.82, 2.24) is 15.0 Å². The smallest absolute Gasteiger partial charge is 0.325 e. The normalized spacial score (nSPS) is 13.5. The molecule has 0 aliphatic rings. The van der Waals surface area contributed by atoms with Crippen molar-refractivity contribution in [1.29, 1.82) is 0 Å². The van der Waals surface area contributed by atoms with Gasteiger partial charge in [0.25, 0.3) is 0 Å². The predicted octanol–water partition coefficient (Wildman–Crippen LogP) is 1.10. The van der Waals surface area contributed by atoms with E-state index in [2.05, 4.69) is 10.3 Å². The minimum atomic E-state index is -0.760. The van der Waals surface area contributed by atoms with E-state index in [-0.39, 0.29) is 6.54 Å². The summed E-state index contributed by atoms with van der Waals surface area (Å²) in [7, 11) is 0.